The van der Waals surface area contributed by atoms with Crippen LogP contribution in [0, 0.1) is 11.3 Å². The molecule has 2 heterocycles. The van der Waals surface area contributed by atoms with E-state index in [2.05, 4.69) is 5.16 Å². The Kier molecular flexibility index (Phi) is 3.86. The highest BCUT2D eigenvalue weighted by molar-refractivity contribution is 6.38. The molecule has 1 aromatic heterocycles. The van der Waals surface area contributed by atoms with Crippen LogP contribution in [-0.2, 0) is 23.2 Å². The van der Waals surface area contributed by atoms with Crippen LogP contribution in [0.3, 0.4) is 0 Å². The number of hydrazine groups is 1. The summed E-state index contributed by atoms with van der Waals surface area (Å²) < 4.78 is 2.01. The standard InChI is InChI=1S/C11H12N6O4/c1-16-10(19)6(3-12)4-17(11(16)20)5-7-2-8(15-21-7)9(18)14-13/h4,7H,2,5,13H2,1H3,(H,14,18). The summed E-state index contributed by atoms with van der Waals surface area (Å²) in [5.41, 5.74) is 0.641. The third-order valence-corrected chi connectivity index (χ3v) is 3.00. The Morgan fingerprint density at radius 2 is 2.38 bits per heavy atom. The van der Waals surface area contributed by atoms with Crippen molar-refractivity contribution < 1.29 is 9.63 Å². The maximum Gasteiger partial charge on any atom is 0.330 e. The predicted molar refractivity (Wildman–Crippen MR) is 69.9 cm³/mol. The summed E-state index contributed by atoms with van der Waals surface area (Å²) in [5.74, 6) is 4.42. The van der Waals surface area contributed by atoms with E-state index in [4.69, 9.17) is 15.9 Å². The molecule has 10 heteroatoms. The van der Waals surface area contributed by atoms with Gasteiger partial charge in [0.1, 0.15) is 17.3 Å². The number of oxime groups is 1. The van der Waals surface area contributed by atoms with Gasteiger partial charge in [-0.1, -0.05) is 5.16 Å². The molecular weight excluding hydrogens is 280 g/mol. The van der Waals surface area contributed by atoms with E-state index in [0.717, 1.165) is 10.8 Å². The van der Waals surface area contributed by atoms with Crippen LogP contribution in [0.25, 0.3) is 0 Å². The predicted octanol–water partition coefficient (Wildman–Crippen LogP) is -2.45. The second-order valence-electron chi connectivity index (χ2n) is 4.40. The zero-order chi connectivity index (χ0) is 15.6. The summed E-state index contributed by atoms with van der Waals surface area (Å²) in [5, 5.41) is 12.4. The molecule has 3 N–H and O–H groups in total. The summed E-state index contributed by atoms with van der Waals surface area (Å²) in [7, 11) is 1.28. The summed E-state index contributed by atoms with van der Waals surface area (Å²) in [6.45, 7) is 0.0481. The van der Waals surface area contributed by atoms with E-state index in [0.29, 0.717) is 0 Å². The molecule has 0 saturated carbocycles. The molecule has 0 saturated heterocycles. The van der Waals surface area contributed by atoms with E-state index in [1.807, 2.05) is 5.43 Å². The first-order chi connectivity index (χ1) is 9.97. The van der Waals surface area contributed by atoms with Gasteiger partial charge in [-0.15, -0.1) is 0 Å². The fraction of sp³-hybridized carbons (Fsp3) is 0.364. The first-order valence-corrected chi connectivity index (χ1v) is 5.92. The van der Waals surface area contributed by atoms with Crippen molar-refractivity contribution in [2.75, 3.05) is 0 Å². The van der Waals surface area contributed by atoms with Crippen molar-refractivity contribution in [1.29, 1.82) is 5.26 Å². The van der Waals surface area contributed by atoms with Crippen LogP contribution in [0.5, 0.6) is 0 Å². The number of amides is 1. The lowest BCUT2D eigenvalue weighted by atomic mass is 10.1. The van der Waals surface area contributed by atoms with Crippen molar-refractivity contribution in [2.24, 2.45) is 18.0 Å². The van der Waals surface area contributed by atoms with Gasteiger partial charge in [-0.25, -0.2) is 10.6 Å². The van der Waals surface area contributed by atoms with Gasteiger partial charge in [-0.2, -0.15) is 5.26 Å². The van der Waals surface area contributed by atoms with Crippen molar-refractivity contribution in [3.8, 4) is 6.07 Å². The van der Waals surface area contributed by atoms with Crippen LogP contribution in [0.1, 0.15) is 12.0 Å². The Bertz CT molecular complexity index is 768. The summed E-state index contributed by atoms with van der Waals surface area (Å²) in [4.78, 5) is 39.8. The topological polar surface area (TPSA) is 144 Å². The Morgan fingerprint density at radius 3 is 3.00 bits per heavy atom. The van der Waals surface area contributed by atoms with Gasteiger partial charge in [0.15, 0.2) is 6.10 Å². The van der Waals surface area contributed by atoms with Crippen molar-refractivity contribution in [3.63, 3.8) is 0 Å². The Balaban J connectivity index is 2.22. The molecule has 1 aromatic rings. The minimum Gasteiger partial charge on any atom is -0.390 e. The van der Waals surface area contributed by atoms with Gasteiger partial charge in [0.2, 0.25) is 0 Å². The van der Waals surface area contributed by atoms with Gasteiger partial charge in [0.25, 0.3) is 11.5 Å². The monoisotopic (exact) mass is 292 g/mol. The molecule has 1 amide bonds. The average molecular weight is 292 g/mol. The number of carbonyl (C=O) groups excluding carboxylic acids is 1. The summed E-state index contributed by atoms with van der Waals surface area (Å²) in [6.07, 6.45) is 0.772. The van der Waals surface area contributed by atoms with E-state index in [-0.39, 0.29) is 24.2 Å². The molecule has 0 aromatic carbocycles. The summed E-state index contributed by atoms with van der Waals surface area (Å²) in [6, 6.07) is 1.72. The number of rotatable bonds is 3. The second-order valence-corrected chi connectivity index (χ2v) is 4.40. The molecule has 0 bridgehead atoms. The Morgan fingerprint density at radius 1 is 1.67 bits per heavy atom. The van der Waals surface area contributed by atoms with Crippen molar-refractivity contribution in [3.05, 3.63) is 32.6 Å². The molecule has 2 rings (SSSR count). The number of carbonyl (C=O) groups is 1. The molecule has 1 aliphatic heterocycles. The largest absolute Gasteiger partial charge is 0.390 e. The number of nitrogens with one attached hydrogen (secondary N) is 1. The fourth-order valence-electron chi connectivity index (χ4n) is 1.90. The molecule has 110 valence electrons. The summed E-state index contributed by atoms with van der Waals surface area (Å²) >= 11 is 0. The van der Waals surface area contributed by atoms with E-state index in [9.17, 15) is 14.4 Å². The van der Waals surface area contributed by atoms with Crippen molar-refractivity contribution >= 4 is 11.6 Å². The number of nitrogens with two attached hydrogens (primary N) is 1. The minimum absolute atomic E-state index is 0.0481. The average Bonchev–Trinajstić information content (AvgIpc) is 2.95. The lowest BCUT2D eigenvalue weighted by molar-refractivity contribution is -0.115. The Labute approximate surface area is 118 Å². The zero-order valence-corrected chi connectivity index (χ0v) is 11.1. The lowest BCUT2D eigenvalue weighted by Gasteiger charge is -2.11. The number of hydrogen-bond donors (Lipinski definition) is 2. The molecule has 1 unspecified atom stereocenters. The van der Waals surface area contributed by atoms with Crippen LogP contribution >= 0.6 is 0 Å². The smallest absolute Gasteiger partial charge is 0.330 e. The highest BCUT2D eigenvalue weighted by Crippen LogP contribution is 2.12. The molecule has 1 aliphatic rings. The first kappa shape index (κ1) is 14.5. The Hall–Kier alpha value is -2.93. The number of hydrogen-bond acceptors (Lipinski definition) is 7. The molecular formula is C11H12N6O4. The normalized spacial score (nSPS) is 16.8. The quantitative estimate of drug-likeness (QED) is 0.359. The van der Waals surface area contributed by atoms with Crippen LogP contribution in [0.15, 0.2) is 20.9 Å². The van der Waals surface area contributed by atoms with Crippen molar-refractivity contribution in [1.82, 2.24) is 14.6 Å². The maximum absolute atomic E-state index is 11.9. The van der Waals surface area contributed by atoms with E-state index >= 15 is 0 Å². The van der Waals surface area contributed by atoms with E-state index in [1.165, 1.54) is 11.6 Å². The van der Waals surface area contributed by atoms with Gasteiger partial charge >= 0.3 is 5.69 Å². The zero-order valence-electron chi connectivity index (χ0n) is 11.1. The molecule has 10 nitrogen and oxygen atoms in total. The molecule has 0 radical (unpaired) electrons. The van der Waals surface area contributed by atoms with E-state index in [1.54, 1.807) is 6.07 Å². The van der Waals surface area contributed by atoms with Crippen LogP contribution in [-0.4, -0.2) is 26.9 Å². The number of aromatic nitrogens is 2. The number of nitriles is 1. The van der Waals surface area contributed by atoms with Crippen molar-refractivity contribution in [2.45, 2.75) is 19.1 Å². The van der Waals surface area contributed by atoms with Gasteiger partial charge in [0.05, 0.1) is 6.54 Å². The minimum atomic E-state index is -0.662. The third-order valence-electron chi connectivity index (χ3n) is 3.00. The first-order valence-electron chi connectivity index (χ1n) is 5.92. The van der Waals surface area contributed by atoms with Gasteiger partial charge in [-0.05, 0) is 0 Å². The van der Waals surface area contributed by atoms with Crippen LogP contribution in [0.4, 0.5) is 0 Å². The molecule has 1 atom stereocenters. The second kappa shape index (κ2) is 5.59. The lowest BCUT2D eigenvalue weighted by Crippen LogP contribution is -2.41. The van der Waals surface area contributed by atoms with Gasteiger partial charge in [0, 0.05) is 19.7 Å². The fourth-order valence-corrected chi connectivity index (χ4v) is 1.90. The third kappa shape index (κ3) is 2.67. The highest BCUT2D eigenvalue weighted by atomic mass is 16.6. The van der Waals surface area contributed by atoms with Crippen LogP contribution < -0.4 is 22.5 Å². The van der Waals surface area contributed by atoms with E-state index < -0.39 is 23.3 Å². The maximum atomic E-state index is 11.9. The number of nitrogens with zero attached hydrogens (tertiary/aromatic N) is 4. The van der Waals surface area contributed by atoms with Gasteiger partial charge in [-0.3, -0.25) is 24.1 Å². The van der Waals surface area contributed by atoms with Gasteiger partial charge < -0.3 is 4.84 Å². The SMILES string of the molecule is Cn1c(=O)c(C#N)cn(CC2CC(C(=O)NN)=NO2)c1=O. The molecule has 21 heavy (non-hydrogen) atoms. The molecule has 0 spiro atoms. The molecule has 0 fully saturated rings. The highest BCUT2D eigenvalue weighted by Gasteiger charge is 2.26. The van der Waals surface area contributed by atoms with Crippen LogP contribution in [0.2, 0.25) is 0 Å². The molecule has 0 aliphatic carbocycles.